The Morgan fingerprint density at radius 1 is 1.43 bits per heavy atom. The van der Waals surface area contributed by atoms with E-state index in [9.17, 15) is 8.42 Å². The zero-order valence-electron chi connectivity index (χ0n) is 12.3. The Kier molecular flexibility index (Phi) is 6.80. The number of amidine groups is 1. The van der Waals surface area contributed by atoms with Crippen molar-refractivity contribution < 1.29 is 17.9 Å². The van der Waals surface area contributed by atoms with Crippen LogP contribution in [0.4, 0.5) is 0 Å². The fourth-order valence-electron chi connectivity index (χ4n) is 1.67. The normalized spacial score (nSPS) is 13.0. The molecule has 1 aromatic carbocycles. The van der Waals surface area contributed by atoms with Gasteiger partial charge < -0.3 is 15.2 Å². The molecule has 1 unspecified atom stereocenters. The van der Waals surface area contributed by atoms with Crippen LogP contribution >= 0.6 is 0 Å². The van der Waals surface area contributed by atoms with Gasteiger partial charge in [0.1, 0.15) is 5.84 Å². The van der Waals surface area contributed by atoms with Crippen molar-refractivity contribution in [1.82, 2.24) is 0 Å². The van der Waals surface area contributed by atoms with E-state index >= 15 is 0 Å². The molecule has 7 heteroatoms. The highest BCUT2D eigenvalue weighted by molar-refractivity contribution is 7.91. The lowest BCUT2D eigenvalue weighted by Gasteiger charge is -2.13. The highest BCUT2D eigenvalue weighted by atomic mass is 32.2. The summed E-state index contributed by atoms with van der Waals surface area (Å²) in [7, 11) is -3.45. The van der Waals surface area contributed by atoms with Gasteiger partial charge in [0.2, 0.25) is 0 Å². The van der Waals surface area contributed by atoms with Crippen LogP contribution in [0.5, 0.6) is 0 Å². The Morgan fingerprint density at radius 3 is 2.76 bits per heavy atom. The minimum atomic E-state index is -3.45. The average Bonchev–Trinajstić information content (AvgIpc) is 2.45. The van der Waals surface area contributed by atoms with Gasteiger partial charge in [-0.15, -0.1) is 0 Å². The highest BCUT2D eigenvalue weighted by Crippen LogP contribution is 2.13. The van der Waals surface area contributed by atoms with E-state index in [-0.39, 0.29) is 29.2 Å². The summed E-state index contributed by atoms with van der Waals surface area (Å²) in [6.07, 6.45) is -0.149. The van der Waals surface area contributed by atoms with Crippen LogP contribution < -0.4 is 5.73 Å². The molecule has 0 bridgehead atoms. The van der Waals surface area contributed by atoms with Gasteiger partial charge in [-0.3, -0.25) is 5.41 Å². The van der Waals surface area contributed by atoms with E-state index in [4.69, 9.17) is 20.6 Å². The molecule has 1 aromatic rings. The van der Waals surface area contributed by atoms with Crippen LogP contribution in [0, 0.1) is 5.41 Å². The summed E-state index contributed by atoms with van der Waals surface area (Å²) >= 11 is 0. The second kappa shape index (κ2) is 8.11. The SMILES string of the molecule is CCOCC(C)OCCS(=O)(=O)c1cccc(C(=N)N)c1. The van der Waals surface area contributed by atoms with E-state index in [2.05, 4.69) is 0 Å². The molecule has 1 rings (SSSR count). The van der Waals surface area contributed by atoms with Gasteiger partial charge in [-0.25, -0.2) is 8.42 Å². The molecule has 0 radical (unpaired) electrons. The standard InChI is InChI=1S/C14H22N2O4S/c1-3-19-10-11(2)20-7-8-21(17,18)13-6-4-5-12(9-13)14(15)16/h4-6,9,11H,3,7-8,10H2,1-2H3,(H3,15,16). The van der Waals surface area contributed by atoms with Gasteiger partial charge in [-0.2, -0.15) is 0 Å². The quantitative estimate of drug-likeness (QED) is 0.526. The summed E-state index contributed by atoms with van der Waals surface area (Å²) in [4.78, 5) is 0.149. The Balaban J connectivity index is 2.61. The van der Waals surface area contributed by atoms with Crippen molar-refractivity contribution in [3.63, 3.8) is 0 Å². The number of benzene rings is 1. The molecule has 118 valence electrons. The number of nitrogens with two attached hydrogens (primary N) is 1. The van der Waals surface area contributed by atoms with E-state index in [0.717, 1.165) is 0 Å². The average molecular weight is 314 g/mol. The van der Waals surface area contributed by atoms with E-state index in [1.165, 1.54) is 12.1 Å². The molecule has 0 saturated heterocycles. The molecular formula is C14H22N2O4S. The molecule has 0 fully saturated rings. The fraction of sp³-hybridized carbons (Fsp3) is 0.500. The zero-order valence-corrected chi connectivity index (χ0v) is 13.2. The van der Waals surface area contributed by atoms with Gasteiger partial charge in [0.15, 0.2) is 9.84 Å². The summed E-state index contributed by atoms with van der Waals surface area (Å²) in [6.45, 7) is 4.86. The van der Waals surface area contributed by atoms with Crippen molar-refractivity contribution in [2.75, 3.05) is 25.6 Å². The van der Waals surface area contributed by atoms with Gasteiger partial charge in [0, 0.05) is 12.2 Å². The summed E-state index contributed by atoms with van der Waals surface area (Å²) < 4.78 is 35.0. The molecule has 0 saturated carbocycles. The van der Waals surface area contributed by atoms with Crippen molar-refractivity contribution in [2.24, 2.45) is 5.73 Å². The second-order valence-corrected chi connectivity index (χ2v) is 6.71. The first kappa shape index (κ1) is 17.6. The third kappa shape index (κ3) is 5.82. The van der Waals surface area contributed by atoms with Crippen molar-refractivity contribution in [1.29, 1.82) is 5.41 Å². The van der Waals surface area contributed by atoms with Crippen LogP contribution in [0.15, 0.2) is 29.2 Å². The third-order valence-electron chi connectivity index (χ3n) is 2.82. The number of rotatable bonds is 9. The van der Waals surface area contributed by atoms with E-state index in [1.807, 2.05) is 13.8 Å². The Bertz CT molecular complexity index is 572. The zero-order chi connectivity index (χ0) is 15.9. The summed E-state index contributed by atoms with van der Waals surface area (Å²) in [5, 5.41) is 7.34. The monoisotopic (exact) mass is 314 g/mol. The Morgan fingerprint density at radius 2 is 2.14 bits per heavy atom. The molecule has 3 N–H and O–H groups in total. The van der Waals surface area contributed by atoms with Crippen LogP contribution in [0.25, 0.3) is 0 Å². The molecule has 0 aliphatic heterocycles. The van der Waals surface area contributed by atoms with Crippen LogP contribution in [0.1, 0.15) is 19.4 Å². The lowest BCUT2D eigenvalue weighted by Crippen LogP contribution is -2.21. The Labute approximate surface area is 125 Å². The lowest BCUT2D eigenvalue weighted by atomic mass is 10.2. The summed E-state index contributed by atoms with van der Waals surface area (Å²) in [6, 6.07) is 6.07. The maximum absolute atomic E-state index is 12.2. The first-order chi connectivity index (χ1) is 9.86. The molecular weight excluding hydrogens is 292 g/mol. The maximum Gasteiger partial charge on any atom is 0.180 e. The number of ether oxygens (including phenoxy) is 2. The number of nitrogens with one attached hydrogen (secondary N) is 1. The first-order valence-corrected chi connectivity index (χ1v) is 8.38. The molecule has 0 aliphatic rings. The van der Waals surface area contributed by atoms with Gasteiger partial charge in [0.05, 0.1) is 30.0 Å². The topological polar surface area (TPSA) is 102 Å². The van der Waals surface area contributed by atoms with Crippen molar-refractivity contribution >= 4 is 15.7 Å². The fourth-order valence-corrected chi connectivity index (χ4v) is 2.81. The number of hydrogen-bond acceptors (Lipinski definition) is 5. The van der Waals surface area contributed by atoms with Crippen molar-refractivity contribution in [2.45, 2.75) is 24.8 Å². The van der Waals surface area contributed by atoms with E-state index in [0.29, 0.717) is 18.8 Å². The van der Waals surface area contributed by atoms with Crippen LogP contribution in [0.2, 0.25) is 0 Å². The molecule has 0 aromatic heterocycles. The van der Waals surface area contributed by atoms with Crippen molar-refractivity contribution in [3.05, 3.63) is 29.8 Å². The molecule has 0 heterocycles. The largest absolute Gasteiger partial charge is 0.384 e. The third-order valence-corrected chi connectivity index (χ3v) is 4.49. The smallest absolute Gasteiger partial charge is 0.180 e. The second-order valence-electron chi connectivity index (χ2n) is 4.60. The van der Waals surface area contributed by atoms with E-state index < -0.39 is 9.84 Å². The highest BCUT2D eigenvalue weighted by Gasteiger charge is 2.16. The molecule has 0 aliphatic carbocycles. The van der Waals surface area contributed by atoms with Gasteiger partial charge in [-0.05, 0) is 26.0 Å². The molecule has 1 atom stereocenters. The molecule has 21 heavy (non-hydrogen) atoms. The Hall–Kier alpha value is -1.44. The van der Waals surface area contributed by atoms with Crippen LogP contribution in [-0.2, 0) is 19.3 Å². The van der Waals surface area contributed by atoms with Crippen molar-refractivity contribution in [3.8, 4) is 0 Å². The van der Waals surface area contributed by atoms with Gasteiger partial charge >= 0.3 is 0 Å². The number of hydrogen-bond donors (Lipinski definition) is 2. The minimum absolute atomic E-state index is 0.0981. The predicted octanol–water partition coefficient (Wildman–Crippen LogP) is 1.19. The molecule has 0 amide bonds. The molecule has 6 nitrogen and oxygen atoms in total. The van der Waals surface area contributed by atoms with Crippen LogP contribution in [0.3, 0.4) is 0 Å². The van der Waals surface area contributed by atoms with Gasteiger partial charge in [-0.1, -0.05) is 12.1 Å². The maximum atomic E-state index is 12.2. The number of nitrogen functional groups attached to an aromatic ring is 1. The summed E-state index contributed by atoms with van der Waals surface area (Å²) in [5.74, 6) is -0.279. The van der Waals surface area contributed by atoms with Crippen LogP contribution in [-0.4, -0.2) is 45.9 Å². The minimum Gasteiger partial charge on any atom is -0.384 e. The molecule has 0 spiro atoms. The lowest BCUT2D eigenvalue weighted by molar-refractivity contribution is 0.00288. The predicted molar refractivity (Wildman–Crippen MR) is 81.4 cm³/mol. The van der Waals surface area contributed by atoms with E-state index in [1.54, 1.807) is 12.1 Å². The van der Waals surface area contributed by atoms with Gasteiger partial charge in [0.25, 0.3) is 0 Å². The first-order valence-electron chi connectivity index (χ1n) is 6.73. The summed E-state index contributed by atoms with van der Waals surface area (Å²) in [5.41, 5.74) is 5.75. The number of sulfone groups is 1.